The van der Waals surface area contributed by atoms with Gasteiger partial charge in [-0.1, -0.05) is 13.8 Å². The summed E-state index contributed by atoms with van der Waals surface area (Å²) in [6.45, 7) is 11.0. The molecule has 0 saturated heterocycles. The van der Waals surface area contributed by atoms with Crippen molar-refractivity contribution in [1.82, 2.24) is 0 Å². The number of rotatable bonds is 1. The standard InChI is InChI=1S/C10H18N2S/c1-8(2)10(5)7-12-11-6-9(3,4)13-10/h6-8H,1-5H3. The Bertz CT molecular complexity index is 243. The van der Waals surface area contributed by atoms with E-state index in [1.807, 2.05) is 24.2 Å². The van der Waals surface area contributed by atoms with Crippen LogP contribution in [0.1, 0.15) is 34.6 Å². The second-order valence-corrected chi connectivity index (χ2v) is 6.67. The van der Waals surface area contributed by atoms with Crippen molar-refractivity contribution in [3.63, 3.8) is 0 Å². The molecule has 1 heterocycles. The van der Waals surface area contributed by atoms with Gasteiger partial charge in [-0.15, -0.1) is 11.8 Å². The second kappa shape index (κ2) is 3.45. The average Bonchev–Trinajstić information content (AvgIpc) is 2.09. The molecule has 0 aromatic rings. The summed E-state index contributed by atoms with van der Waals surface area (Å²) < 4.78 is 0.176. The fourth-order valence-corrected chi connectivity index (χ4v) is 2.78. The number of nitrogens with zero attached hydrogens (tertiary/aromatic N) is 2. The van der Waals surface area contributed by atoms with Crippen LogP contribution in [0.15, 0.2) is 10.2 Å². The van der Waals surface area contributed by atoms with E-state index in [1.54, 1.807) is 0 Å². The summed E-state index contributed by atoms with van der Waals surface area (Å²) in [4.78, 5) is 0. The van der Waals surface area contributed by atoms with E-state index >= 15 is 0 Å². The molecule has 13 heavy (non-hydrogen) atoms. The van der Waals surface area contributed by atoms with Gasteiger partial charge in [-0.3, -0.25) is 0 Å². The molecule has 0 aliphatic carbocycles. The first-order valence-electron chi connectivity index (χ1n) is 4.65. The van der Waals surface area contributed by atoms with Crippen LogP contribution in [0, 0.1) is 5.92 Å². The molecule has 0 bridgehead atoms. The highest BCUT2D eigenvalue weighted by molar-refractivity contribution is 8.03. The summed E-state index contributed by atoms with van der Waals surface area (Å²) in [6.07, 6.45) is 3.88. The fourth-order valence-electron chi connectivity index (χ4n) is 1.21. The van der Waals surface area contributed by atoms with E-state index in [2.05, 4.69) is 44.8 Å². The molecule has 1 aliphatic rings. The first-order valence-corrected chi connectivity index (χ1v) is 5.46. The van der Waals surface area contributed by atoms with Gasteiger partial charge in [0.1, 0.15) is 0 Å². The van der Waals surface area contributed by atoms with Gasteiger partial charge in [0.25, 0.3) is 0 Å². The van der Waals surface area contributed by atoms with Crippen molar-refractivity contribution in [3.05, 3.63) is 0 Å². The lowest BCUT2D eigenvalue weighted by Crippen LogP contribution is -2.34. The third-order valence-electron chi connectivity index (χ3n) is 2.38. The molecule has 2 nitrogen and oxygen atoms in total. The zero-order valence-corrected chi connectivity index (χ0v) is 9.85. The normalized spacial score (nSPS) is 32.2. The fraction of sp³-hybridized carbons (Fsp3) is 0.800. The largest absolute Gasteiger partial charge is 0.162 e. The molecule has 0 amide bonds. The molecule has 74 valence electrons. The molecular weight excluding hydrogens is 180 g/mol. The number of hydrogen-bond donors (Lipinski definition) is 0. The predicted molar refractivity (Wildman–Crippen MR) is 61.9 cm³/mol. The van der Waals surface area contributed by atoms with Gasteiger partial charge in [-0.25, -0.2) is 0 Å². The number of thioether (sulfide) groups is 1. The van der Waals surface area contributed by atoms with Crippen molar-refractivity contribution in [1.29, 1.82) is 0 Å². The summed E-state index contributed by atoms with van der Waals surface area (Å²) >= 11 is 1.92. The van der Waals surface area contributed by atoms with Crippen molar-refractivity contribution in [3.8, 4) is 0 Å². The topological polar surface area (TPSA) is 24.7 Å². The zero-order valence-electron chi connectivity index (χ0n) is 9.03. The van der Waals surface area contributed by atoms with E-state index in [0.29, 0.717) is 5.92 Å². The van der Waals surface area contributed by atoms with Crippen LogP contribution in [0.25, 0.3) is 0 Å². The lowest BCUT2D eigenvalue weighted by molar-refractivity contribution is 0.578. The van der Waals surface area contributed by atoms with Crippen LogP contribution in [0.4, 0.5) is 0 Å². The van der Waals surface area contributed by atoms with Gasteiger partial charge in [0.2, 0.25) is 0 Å². The van der Waals surface area contributed by atoms with Crippen LogP contribution in [-0.2, 0) is 0 Å². The Balaban J connectivity index is 2.91. The summed E-state index contributed by atoms with van der Waals surface area (Å²) in [5.74, 6) is 0.572. The van der Waals surface area contributed by atoms with Gasteiger partial charge in [0.15, 0.2) is 0 Å². The minimum Gasteiger partial charge on any atom is -0.162 e. The minimum atomic E-state index is 0.0789. The minimum absolute atomic E-state index is 0.0789. The highest BCUT2D eigenvalue weighted by Crippen LogP contribution is 2.40. The van der Waals surface area contributed by atoms with Crippen LogP contribution < -0.4 is 0 Å². The summed E-state index contributed by atoms with van der Waals surface area (Å²) in [5, 5.41) is 8.09. The Morgan fingerprint density at radius 3 is 2.15 bits per heavy atom. The van der Waals surface area contributed by atoms with Crippen molar-refractivity contribution < 1.29 is 0 Å². The smallest absolute Gasteiger partial charge is 0.0533 e. The maximum atomic E-state index is 4.06. The van der Waals surface area contributed by atoms with Gasteiger partial charge in [0.05, 0.1) is 4.75 Å². The molecule has 1 atom stereocenters. The lowest BCUT2D eigenvalue weighted by atomic mass is 9.98. The molecule has 0 radical (unpaired) electrons. The van der Waals surface area contributed by atoms with Crippen LogP contribution >= 0.6 is 11.8 Å². The Hall–Kier alpha value is -0.310. The van der Waals surface area contributed by atoms with Gasteiger partial charge < -0.3 is 0 Å². The Morgan fingerprint density at radius 2 is 1.62 bits per heavy atom. The maximum absolute atomic E-state index is 4.06. The third-order valence-corrected chi connectivity index (χ3v) is 4.03. The van der Waals surface area contributed by atoms with Crippen molar-refractivity contribution >= 4 is 24.2 Å². The van der Waals surface area contributed by atoms with Gasteiger partial charge in [0, 0.05) is 17.2 Å². The zero-order chi connectivity index (χ0) is 10.1. The van der Waals surface area contributed by atoms with Gasteiger partial charge in [-0.2, -0.15) is 10.2 Å². The molecular formula is C10H18N2S. The van der Waals surface area contributed by atoms with E-state index in [9.17, 15) is 0 Å². The Labute approximate surface area is 84.9 Å². The Morgan fingerprint density at radius 1 is 1.08 bits per heavy atom. The van der Waals surface area contributed by atoms with Crippen molar-refractivity contribution in [2.45, 2.75) is 44.1 Å². The van der Waals surface area contributed by atoms with E-state index in [4.69, 9.17) is 0 Å². The highest BCUT2D eigenvalue weighted by Gasteiger charge is 2.35. The summed E-state index contributed by atoms with van der Waals surface area (Å²) in [7, 11) is 0. The van der Waals surface area contributed by atoms with Crippen molar-refractivity contribution in [2.75, 3.05) is 0 Å². The lowest BCUT2D eigenvalue weighted by Gasteiger charge is -2.33. The monoisotopic (exact) mass is 198 g/mol. The van der Waals surface area contributed by atoms with E-state index < -0.39 is 0 Å². The van der Waals surface area contributed by atoms with E-state index in [-0.39, 0.29) is 9.49 Å². The van der Waals surface area contributed by atoms with Crippen LogP contribution in [0.3, 0.4) is 0 Å². The second-order valence-electron chi connectivity index (χ2n) is 4.53. The molecule has 1 rings (SSSR count). The Kier molecular flexibility index (Phi) is 2.85. The first-order chi connectivity index (χ1) is 5.86. The summed E-state index contributed by atoms with van der Waals surface area (Å²) in [6, 6.07) is 0. The molecule has 3 heteroatoms. The molecule has 0 aromatic carbocycles. The van der Waals surface area contributed by atoms with Gasteiger partial charge in [-0.05, 0) is 26.7 Å². The SMILES string of the molecule is CC(C)C1(C)C=NN=CC(C)(C)S1. The molecule has 0 saturated carbocycles. The first kappa shape index (κ1) is 10.8. The van der Waals surface area contributed by atoms with Crippen LogP contribution in [0.2, 0.25) is 0 Å². The third kappa shape index (κ3) is 2.56. The quantitative estimate of drug-likeness (QED) is 0.635. The molecule has 0 fully saturated rings. The summed E-state index contributed by atoms with van der Waals surface area (Å²) in [5.41, 5.74) is 0. The average molecular weight is 198 g/mol. The van der Waals surface area contributed by atoms with E-state index in [0.717, 1.165) is 0 Å². The molecule has 1 unspecified atom stereocenters. The molecule has 0 aromatic heterocycles. The number of hydrogen-bond acceptors (Lipinski definition) is 3. The van der Waals surface area contributed by atoms with Crippen molar-refractivity contribution in [2.24, 2.45) is 16.1 Å². The molecule has 0 N–H and O–H groups in total. The van der Waals surface area contributed by atoms with Crippen LogP contribution in [0.5, 0.6) is 0 Å². The van der Waals surface area contributed by atoms with Crippen LogP contribution in [-0.4, -0.2) is 21.9 Å². The predicted octanol–water partition coefficient (Wildman–Crippen LogP) is 2.98. The molecule has 0 spiro atoms. The molecule has 1 aliphatic heterocycles. The van der Waals surface area contributed by atoms with Gasteiger partial charge >= 0.3 is 0 Å². The maximum Gasteiger partial charge on any atom is 0.0533 e. The van der Waals surface area contributed by atoms with E-state index in [1.165, 1.54) is 0 Å². The highest BCUT2D eigenvalue weighted by atomic mass is 32.2.